The van der Waals surface area contributed by atoms with E-state index in [4.69, 9.17) is 0 Å². The Balaban J connectivity index is 1.99. The summed E-state index contributed by atoms with van der Waals surface area (Å²) in [4.78, 5) is 0. The molecule has 2 atom stereocenters. The lowest BCUT2D eigenvalue weighted by Crippen LogP contribution is -2.48. The molecule has 0 spiro atoms. The van der Waals surface area contributed by atoms with Crippen LogP contribution in [0.4, 0.5) is 0 Å². The zero-order valence-corrected chi connectivity index (χ0v) is 7.23. The summed E-state index contributed by atoms with van der Waals surface area (Å²) >= 11 is 0. The lowest BCUT2D eigenvalue weighted by atomic mass is 9.91. The molecule has 2 rings (SSSR count). The summed E-state index contributed by atoms with van der Waals surface area (Å²) in [5.41, 5.74) is 0. The first-order chi connectivity index (χ1) is 5.17. The first kappa shape index (κ1) is 7.55. The molecule has 2 unspecified atom stereocenters. The fourth-order valence-corrected chi connectivity index (χ4v) is 3.73. The van der Waals surface area contributed by atoms with Crippen LogP contribution >= 0.6 is 0 Å². The molecule has 3 nitrogen and oxygen atoms in total. The van der Waals surface area contributed by atoms with Crippen molar-refractivity contribution in [3.8, 4) is 0 Å². The van der Waals surface area contributed by atoms with Gasteiger partial charge in [0.1, 0.15) is 0 Å². The maximum Gasteiger partial charge on any atom is 0.150 e. The van der Waals surface area contributed by atoms with Gasteiger partial charge in [-0.05, 0) is 25.3 Å². The van der Waals surface area contributed by atoms with E-state index in [0.29, 0.717) is 23.5 Å². The third kappa shape index (κ3) is 1.42. The zero-order valence-electron chi connectivity index (χ0n) is 6.41. The van der Waals surface area contributed by atoms with Crippen molar-refractivity contribution in [2.45, 2.75) is 18.9 Å². The molecule has 0 amide bonds. The Labute approximate surface area is 67.1 Å². The number of nitrogens with one attached hydrogen (secondary N) is 1. The van der Waals surface area contributed by atoms with Crippen molar-refractivity contribution in [2.24, 2.45) is 5.92 Å². The van der Waals surface area contributed by atoms with Crippen LogP contribution in [0.15, 0.2) is 0 Å². The van der Waals surface area contributed by atoms with Crippen LogP contribution in [0.5, 0.6) is 0 Å². The van der Waals surface area contributed by atoms with Crippen LogP contribution < -0.4 is 5.32 Å². The van der Waals surface area contributed by atoms with Gasteiger partial charge in [0, 0.05) is 6.04 Å². The van der Waals surface area contributed by atoms with Crippen molar-refractivity contribution in [1.82, 2.24) is 5.32 Å². The third-order valence-electron chi connectivity index (χ3n) is 2.70. The second-order valence-electron chi connectivity index (χ2n) is 3.51. The molecule has 0 radical (unpaired) electrons. The molecule has 0 saturated carbocycles. The van der Waals surface area contributed by atoms with E-state index >= 15 is 0 Å². The molecule has 0 aromatic heterocycles. The van der Waals surface area contributed by atoms with Crippen molar-refractivity contribution in [3.05, 3.63) is 0 Å². The first-order valence-corrected chi connectivity index (χ1v) is 5.93. The summed E-state index contributed by atoms with van der Waals surface area (Å²) in [5.74, 6) is 1.24. The van der Waals surface area contributed by atoms with Gasteiger partial charge in [-0.25, -0.2) is 8.42 Å². The highest BCUT2D eigenvalue weighted by Crippen LogP contribution is 2.25. The molecule has 2 aliphatic heterocycles. The third-order valence-corrected chi connectivity index (χ3v) is 4.49. The van der Waals surface area contributed by atoms with Gasteiger partial charge >= 0.3 is 0 Å². The fraction of sp³-hybridized carbons (Fsp3) is 1.00. The van der Waals surface area contributed by atoms with Crippen molar-refractivity contribution >= 4 is 9.84 Å². The van der Waals surface area contributed by atoms with Gasteiger partial charge in [0.05, 0.1) is 11.5 Å². The minimum absolute atomic E-state index is 0.411. The van der Waals surface area contributed by atoms with E-state index < -0.39 is 9.84 Å². The van der Waals surface area contributed by atoms with Crippen LogP contribution in [0.2, 0.25) is 0 Å². The minimum Gasteiger partial charge on any atom is -0.314 e. The summed E-state index contributed by atoms with van der Waals surface area (Å²) < 4.78 is 22.1. The van der Waals surface area contributed by atoms with Crippen LogP contribution in [-0.4, -0.2) is 32.5 Å². The molecule has 2 aliphatic rings. The highest BCUT2D eigenvalue weighted by Gasteiger charge is 2.35. The summed E-state index contributed by atoms with van der Waals surface area (Å²) in [7, 11) is -2.66. The lowest BCUT2D eigenvalue weighted by molar-refractivity contribution is 0.279. The second-order valence-corrected chi connectivity index (χ2v) is 5.74. The van der Waals surface area contributed by atoms with E-state index in [2.05, 4.69) is 5.32 Å². The van der Waals surface area contributed by atoms with Gasteiger partial charge in [0.25, 0.3) is 0 Å². The van der Waals surface area contributed by atoms with E-state index in [9.17, 15) is 8.42 Å². The van der Waals surface area contributed by atoms with E-state index in [-0.39, 0.29) is 0 Å². The molecule has 64 valence electrons. The van der Waals surface area contributed by atoms with E-state index in [1.54, 1.807) is 0 Å². The quantitative estimate of drug-likeness (QED) is 0.599. The molecule has 0 aliphatic carbocycles. The number of hydrogen-bond acceptors (Lipinski definition) is 3. The average molecular weight is 175 g/mol. The Kier molecular flexibility index (Phi) is 1.68. The predicted octanol–water partition coefficient (Wildman–Crippen LogP) is -0.217. The predicted molar refractivity (Wildman–Crippen MR) is 43.2 cm³/mol. The van der Waals surface area contributed by atoms with Crippen LogP contribution in [0.25, 0.3) is 0 Å². The van der Waals surface area contributed by atoms with Gasteiger partial charge in [-0.3, -0.25) is 0 Å². The summed E-state index contributed by atoms with van der Waals surface area (Å²) in [6.45, 7) is 1.07. The van der Waals surface area contributed by atoms with Crippen molar-refractivity contribution in [1.29, 1.82) is 0 Å². The molecule has 2 fully saturated rings. The topological polar surface area (TPSA) is 46.2 Å². The van der Waals surface area contributed by atoms with Crippen molar-refractivity contribution < 1.29 is 8.42 Å². The maximum atomic E-state index is 11.1. The van der Waals surface area contributed by atoms with Gasteiger partial charge in [-0.2, -0.15) is 0 Å². The monoisotopic (exact) mass is 175 g/mol. The first-order valence-electron chi connectivity index (χ1n) is 4.11. The fourth-order valence-electron chi connectivity index (χ4n) is 1.85. The molecule has 2 heterocycles. The number of hydrogen-bond donors (Lipinski definition) is 1. The highest BCUT2D eigenvalue weighted by atomic mass is 32.2. The van der Waals surface area contributed by atoms with E-state index in [1.807, 2.05) is 0 Å². The average Bonchev–Trinajstić information content (AvgIpc) is 2.05. The second kappa shape index (κ2) is 2.45. The van der Waals surface area contributed by atoms with Gasteiger partial charge in [-0.1, -0.05) is 0 Å². The molecular weight excluding hydrogens is 162 g/mol. The van der Waals surface area contributed by atoms with Crippen LogP contribution in [0.1, 0.15) is 12.8 Å². The minimum atomic E-state index is -2.66. The van der Waals surface area contributed by atoms with Crippen molar-refractivity contribution in [2.75, 3.05) is 18.1 Å². The molecule has 0 aromatic rings. The number of sulfone groups is 1. The van der Waals surface area contributed by atoms with Gasteiger partial charge in [0.15, 0.2) is 9.84 Å². The SMILES string of the molecule is O=S1(=O)CCC(C2CCN2)C1. The molecular formula is C7H13NO2S. The Bertz CT molecular complexity index is 243. The standard InChI is InChI=1S/C7H13NO2S/c9-11(10)4-2-6(5-11)7-1-3-8-7/h6-8H,1-5H2. The van der Waals surface area contributed by atoms with E-state index in [0.717, 1.165) is 13.0 Å². The van der Waals surface area contributed by atoms with Gasteiger partial charge < -0.3 is 5.32 Å². The maximum absolute atomic E-state index is 11.1. The Morgan fingerprint density at radius 1 is 1.27 bits per heavy atom. The number of rotatable bonds is 1. The van der Waals surface area contributed by atoms with Crippen LogP contribution in [0.3, 0.4) is 0 Å². The normalized spacial score (nSPS) is 41.8. The summed E-state index contributed by atoms with van der Waals surface area (Å²) in [5, 5.41) is 3.26. The summed E-state index contributed by atoms with van der Waals surface area (Å²) in [6.07, 6.45) is 2.04. The van der Waals surface area contributed by atoms with Gasteiger partial charge in [-0.15, -0.1) is 0 Å². The molecule has 4 heteroatoms. The Morgan fingerprint density at radius 2 is 2.00 bits per heavy atom. The van der Waals surface area contributed by atoms with Crippen molar-refractivity contribution in [3.63, 3.8) is 0 Å². The molecule has 11 heavy (non-hydrogen) atoms. The molecule has 0 bridgehead atoms. The smallest absolute Gasteiger partial charge is 0.150 e. The largest absolute Gasteiger partial charge is 0.314 e. The Morgan fingerprint density at radius 3 is 2.36 bits per heavy atom. The van der Waals surface area contributed by atoms with Crippen LogP contribution in [-0.2, 0) is 9.84 Å². The van der Waals surface area contributed by atoms with Crippen LogP contribution in [0, 0.1) is 5.92 Å². The highest BCUT2D eigenvalue weighted by molar-refractivity contribution is 7.91. The molecule has 0 aromatic carbocycles. The summed E-state index contributed by atoms with van der Waals surface area (Å²) in [6, 6.07) is 0.507. The zero-order chi connectivity index (χ0) is 7.90. The Hall–Kier alpha value is -0.0900. The molecule has 1 N–H and O–H groups in total. The lowest BCUT2D eigenvalue weighted by Gasteiger charge is -2.32. The van der Waals surface area contributed by atoms with Gasteiger partial charge in [0.2, 0.25) is 0 Å². The molecule has 2 saturated heterocycles. The van der Waals surface area contributed by atoms with E-state index in [1.165, 1.54) is 6.42 Å².